The van der Waals surface area contributed by atoms with E-state index in [0.717, 1.165) is 39.0 Å². The third kappa shape index (κ3) is 2.33. The smallest absolute Gasteiger partial charge is 0.241 e. The number of carbonyl (C=O) groups excluding carboxylic acids is 1. The van der Waals surface area contributed by atoms with Gasteiger partial charge < -0.3 is 5.32 Å². The number of hydrazine groups is 1. The van der Waals surface area contributed by atoms with Crippen molar-refractivity contribution in [2.45, 2.75) is 12.8 Å². The van der Waals surface area contributed by atoms with Gasteiger partial charge in [0.05, 0.1) is 5.92 Å². The van der Waals surface area contributed by atoms with E-state index < -0.39 is 0 Å². The predicted octanol–water partition coefficient (Wildman–Crippen LogP) is -0.245. The molecule has 2 aliphatic rings. The fraction of sp³-hybridized carbons (Fsp3) is 0.875. The predicted molar refractivity (Wildman–Crippen MR) is 52.6 cm³/mol. The normalized spacial score (nSPS) is 27.4. The molecule has 0 bridgehead atoms. The number of nitrogens with zero attached hydrogens (tertiary/aromatic N) is 1. The number of nitrogens with one attached hydrogen (secondary N) is 2. The lowest BCUT2D eigenvalue weighted by molar-refractivity contribution is -0.136. The van der Waals surface area contributed by atoms with Gasteiger partial charge in [-0.05, 0) is 19.4 Å². The summed E-state index contributed by atoms with van der Waals surface area (Å²) in [6.07, 6.45) is 2.09. The van der Waals surface area contributed by atoms with Gasteiger partial charge in [0.2, 0.25) is 5.91 Å². The van der Waals surface area contributed by atoms with E-state index in [1.54, 1.807) is 5.01 Å². The van der Waals surface area contributed by atoms with Gasteiger partial charge >= 0.3 is 0 Å². The molecule has 13 heavy (non-hydrogen) atoms. The Labute approximate surface area is 84.4 Å². The Balaban J connectivity index is 0.000000845. The molecule has 0 aliphatic carbocycles. The highest BCUT2D eigenvalue weighted by Gasteiger charge is 2.28. The first-order valence-corrected chi connectivity index (χ1v) is 4.63. The minimum absolute atomic E-state index is 0. The molecular formula is C8H16ClN3O. The third-order valence-corrected chi connectivity index (χ3v) is 2.54. The Bertz CT molecular complexity index is 158. The first-order chi connectivity index (χ1) is 5.88. The number of carbonyl (C=O) groups is 1. The second-order valence-corrected chi connectivity index (χ2v) is 3.44. The Morgan fingerprint density at radius 3 is 2.77 bits per heavy atom. The number of halogens is 1. The SMILES string of the molecule is Cl.O=C([C@@H]1CCNC1)N1CCCN1. The van der Waals surface area contributed by atoms with E-state index in [2.05, 4.69) is 10.7 Å². The van der Waals surface area contributed by atoms with Crippen molar-refractivity contribution in [3.8, 4) is 0 Å². The third-order valence-electron chi connectivity index (χ3n) is 2.54. The maximum absolute atomic E-state index is 11.7. The summed E-state index contributed by atoms with van der Waals surface area (Å²) in [4.78, 5) is 11.7. The van der Waals surface area contributed by atoms with E-state index in [9.17, 15) is 4.79 Å². The van der Waals surface area contributed by atoms with Crippen molar-refractivity contribution in [3.63, 3.8) is 0 Å². The second kappa shape index (κ2) is 4.79. The topological polar surface area (TPSA) is 44.4 Å². The van der Waals surface area contributed by atoms with Crippen LogP contribution in [0.1, 0.15) is 12.8 Å². The lowest BCUT2D eigenvalue weighted by Crippen LogP contribution is -2.41. The minimum Gasteiger partial charge on any atom is -0.316 e. The number of rotatable bonds is 1. The molecule has 2 aliphatic heterocycles. The quantitative estimate of drug-likeness (QED) is 0.621. The van der Waals surface area contributed by atoms with E-state index in [1.165, 1.54) is 0 Å². The van der Waals surface area contributed by atoms with Gasteiger partial charge in [-0.3, -0.25) is 9.80 Å². The number of amides is 1. The van der Waals surface area contributed by atoms with Gasteiger partial charge in [-0.2, -0.15) is 0 Å². The Morgan fingerprint density at radius 1 is 1.38 bits per heavy atom. The summed E-state index contributed by atoms with van der Waals surface area (Å²) >= 11 is 0. The summed E-state index contributed by atoms with van der Waals surface area (Å²) in [5, 5.41) is 4.98. The van der Waals surface area contributed by atoms with Crippen LogP contribution in [0.3, 0.4) is 0 Å². The Hall–Kier alpha value is -0.320. The highest BCUT2D eigenvalue weighted by molar-refractivity contribution is 5.85. The van der Waals surface area contributed by atoms with Crippen molar-refractivity contribution in [1.29, 1.82) is 0 Å². The van der Waals surface area contributed by atoms with Gasteiger partial charge in [-0.15, -0.1) is 12.4 Å². The molecule has 2 saturated heterocycles. The van der Waals surface area contributed by atoms with Crippen LogP contribution in [0.2, 0.25) is 0 Å². The number of hydrogen-bond donors (Lipinski definition) is 2. The summed E-state index contributed by atoms with van der Waals surface area (Å²) in [6.45, 7) is 3.68. The van der Waals surface area contributed by atoms with Crippen LogP contribution in [0.25, 0.3) is 0 Å². The molecule has 1 amide bonds. The summed E-state index contributed by atoms with van der Waals surface area (Å²) < 4.78 is 0. The lowest BCUT2D eigenvalue weighted by atomic mass is 10.1. The Kier molecular flexibility index (Phi) is 3.96. The lowest BCUT2D eigenvalue weighted by Gasteiger charge is -2.18. The van der Waals surface area contributed by atoms with Gasteiger partial charge in [-0.25, -0.2) is 5.43 Å². The molecule has 1 atom stereocenters. The first kappa shape index (κ1) is 10.8. The van der Waals surface area contributed by atoms with E-state index in [1.807, 2.05) is 0 Å². The van der Waals surface area contributed by atoms with Gasteiger partial charge in [-0.1, -0.05) is 0 Å². The maximum Gasteiger partial charge on any atom is 0.241 e. The van der Waals surface area contributed by atoms with Gasteiger partial charge in [0, 0.05) is 19.6 Å². The van der Waals surface area contributed by atoms with E-state index in [0.29, 0.717) is 0 Å². The average molecular weight is 206 g/mol. The van der Waals surface area contributed by atoms with Gasteiger partial charge in [0.1, 0.15) is 0 Å². The minimum atomic E-state index is 0. The molecule has 76 valence electrons. The van der Waals surface area contributed by atoms with Crippen molar-refractivity contribution in [1.82, 2.24) is 15.8 Å². The summed E-state index contributed by atoms with van der Waals surface area (Å²) in [5.41, 5.74) is 3.09. The molecule has 2 heterocycles. The monoisotopic (exact) mass is 205 g/mol. The van der Waals surface area contributed by atoms with E-state index in [-0.39, 0.29) is 24.2 Å². The van der Waals surface area contributed by atoms with Crippen molar-refractivity contribution in [3.05, 3.63) is 0 Å². The average Bonchev–Trinajstić information content (AvgIpc) is 2.77. The van der Waals surface area contributed by atoms with Crippen LogP contribution in [0.15, 0.2) is 0 Å². The molecule has 2 N–H and O–H groups in total. The van der Waals surface area contributed by atoms with Crippen molar-refractivity contribution in [2.75, 3.05) is 26.2 Å². The summed E-state index contributed by atoms with van der Waals surface area (Å²) in [7, 11) is 0. The molecule has 0 aromatic carbocycles. The zero-order valence-electron chi connectivity index (χ0n) is 7.58. The largest absolute Gasteiger partial charge is 0.316 e. The zero-order valence-corrected chi connectivity index (χ0v) is 8.40. The van der Waals surface area contributed by atoms with Gasteiger partial charge in [0.25, 0.3) is 0 Å². The van der Waals surface area contributed by atoms with Crippen LogP contribution in [0.5, 0.6) is 0 Å². The van der Waals surface area contributed by atoms with Gasteiger partial charge in [0.15, 0.2) is 0 Å². The fourth-order valence-corrected chi connectivity index (χ4v) is 1.80. The molecule has 4 nitrogen and oxygen atoms in total. The van der Waals surface area contributed by atoms with Crippen LogP contribution in [-0.2, 0) is 4.79 Å². The van der Waals surface area contributed by atoms with E-state index in [4.69, 9.17) is 0 Å². The highest BCUT2D eigenvalue weighted by Crippen LogP contribution is 2.12. The fourth-order valence-electron chi connectivity index (χ4n) is 1.80. The summed E-state index contributed by atoms with van der Waals surface area (Å²) in [5.74, 6) is 0.494. The van der Waals surface area contributed by atoms with Crippen molar-refractivity contribution < 1.29 is 4.79 Å². The molecule has 0 aromatic rings. The molecule has 0 radical (unpaired) electrons. The molecule has 0 saturated carbocycles. The number of hydrogen-bond acceptors (Lipinski definition) is 3. The second-order valence-electron chi connectivity index (χ2n) is 3.44. The van der Waals surface area contributed by atoms with Crippen molar-refractivity contribution >= 4 is 18.3 Å². The Morgan fingerprint density at radius 2 is 2.23 bits per heavy atom. The molecule has 5 heteroatoms. The van der Waals surface area contributed by atoms with Crippen LogP contribution in [0, 0.1) is 5.92 Å². The molecule has 0 unspecified atom stereocenters. The highest BCUT2D eigenvalue weighted by atomic mass is 35.5. The van der Waals surface area contributed by atoms with E-state index >= 15 is 0 Å². The van der Waals surface area contributed by atoms with Crippen LogP contribution in [0.4, 0.5) is 0 Å². The van der Waals surface area contributed by atoms with Crippen LogP contribution in [-0.4, -0.2) is 37.1 Å². The van der Waals surface area contributed by atoms with Crippen LogP contribution < -0.4 is 10.7 Å². The first-order valence-electron chi connectivity index (χ1n) is 4.63. The maximum atomic E-state index is 11.7. The summed E-state index contributed by atoms with van der Waals surface area (Å²) in [6, 6.07) is 0. The van der Waals surface area contributed by atoms with Crippen molar-refractivity contribution in [2.24, 2.45) is 5.92 Å². The van der Waals surface area contributed by atoms with Crippen LogP contribution >= 0.6 is 12.4 Å². The standard InChI is InChI=1S/C8H15N3O.ClH/c12-8(7-2-4-9-6-7)11-5-1-3-10-11;/h7,9-10H,1-6H2;1H/t7-;/m1./s1. The molecular weight excluding hydrogens is 190 g/mol. The zero-order chi connectivity index (χ0) is 8.39. The molecule has 0 aromatic heterocycles. The molecule has 0 spiro atoms. The molecule has 2 rings (SSSR count). The molecule has 2 fully saturated rings.